The Hall–Kier alpha value is -4.12. The smallest absolute Gasteiger partial charge is 0.252 e. The number of piperidine rings is 1. The number of likely N-dealkylation sites (tertiary alicyclic amines) is 1. The number of aromatic amines is 2. The first-order valence-electron chi connectivity index (χ1n) is 12.1. The molecule has 2 aliphatic heterocycles. The van der Waals surface area contributed by atoms with Crippen LogP contribution in [0.2, 0.25) is 0 Å². The number of hydrogen-bond donors (Lipinski definition) is 2. The Balaban J connectivity index is 1.24. The molecule has 6 rings (SSSR count). The number of benzene rings is 1. The molecular weight excluding hydrogens is 456 g/mol. The molecule has 0 unspecified atom stereocenters. The molecule has 11 heteroatoms. The van der Waals surface area contributed by atoms with Crippen LogP contribution in [0.4, 0.5) is 11.6 Å². The average Bonchev–Trinajstić information content (AvgIpc) is 3.56. The Morgan fingerprint density at radius 2 is 1.86 bits per heavy atom. The van der Waals surface area contributed by atoms with E-state index < -0.39 is 0 Å². The highest BCUT2D eigenvalue weighted by Crippen LogP contribution is 2.39. The molecule has 0 atom stereocenters. The minimum absolute atomic E-state index is 0.126. The zero-order valence-electron chi connectivity index (χ0n) is 20.1. The van der Waals surface area contributed by atoms with Crippen molar-refractivity contribution >= 4 is 11.6 Å². The lowest BCUT2D eigenvalue weighted by molar-refractivity contribution is 0.161. The molecule has 2 saturated heterocycles. The number of anilines is 2. The van der Waals surface area contributed by atoms with Crippen LogP contribution in [-0.4, -0.2) is 72.3 Å². The summed E-state index contributed by atoms with van der Waals surface area (Å²) in [6, 6.07) is 13.7. The topological polar surface area (TPSA) is 123 Å². The summed E-state index contributed by atoms with van der Waals surface area (Å²) in [6.45, 7) is 6.37. The van der Waals surface area contributed by atoms with Crippen molar-refractivity contribution in [3.8, 4) is 11.4 Å². The van der Waals surface area contributed by atoms with Gasteiger partial charge in [-0.2, -0.15) is 5.21 Å². The van der Waals surface area contributed by atoms with E-state index >= 15 is 0 Å². The molecule has 36 heavy (non-hydrogen) atoms. The maximum absolute atomic E-state index is 12.1. The van der Waals surface area contributed by atoms with E-state index in [1.54, 1.807) is 6.20 Å². The summed E-state index contributed by atoms with van der Waals surface area (Å²) in [5.74, 6) is 1.20. The van der Waals surface area contributed by atoms with E-state index in [0.29, 0.717) is 18.4 Å². The minimum Gasteiger partial charge on any atom is -0.351 e. The lowest BCUT2D eigenvalue weighted by Crippen LogP contribution is -2.54. The van der Waals surface area contributed by atoms with Gasteiger partial charge in [0.2, 0.25) is 11.8 Å². The summed E-state index contributed by atoms with van der Waals surface area (Å²) in [5.41, 5.74) is 4.11. The average molecular weight is 485 g/mol. The number of aromatic nitrogens is 7. The van der Waals surface area contributed by atoms with Crippen molar-refractivity contribution < 1.29 is 0 Å². The lowest BCUT2D eigenvalue weighted by atomic mass is 9.86. The monoisotopic (exact) mass is 484 g/mol. The molecule has 1 spiro atoms. The maximum atomic E-state index is 12.1. The Morgan fingerprint density at radius 3 is 2.58 bits per heavy atom. The van der Waals surface area contributed by atoms with E-state index in [1.165, 1.54) is 11.6 Å². The molecule has 184 valence electrons. The van der Waals surface area contributed by atoms with Crippen molar-refractivity contribution in [2.75, 3.05) is 36.1 Å². The molecular formula is C25H28N10O. The summed E-state index contributed by atoms with van der Waals surface area (Å²) in [5, 5.41) is 14.3. The highest BCUT2D eigenvalue weighted by atomic mass is 16.1. The standard InChI is InChI=1S/C25H28N10O/c1-18-3-2-11-26-21(18)15-33-13-9-25(10-14-33)16-34(17-35(25)24-27-12-8-22(36)28-24)20-6-4-19(5-7-20)23-29-31-32-30-23/h2-8,11-12H,9-10,13-17H2,1H3,(H,27,28,36)(H,29,30,31,32). The first kappa shape index (κ1) is 22.4. The third-order valence-electron chi connectivity index (χ3n) is 7.40. The van der Waals surface area contributed by atoms with Crippen LogP contribution < -0.4 is 15.4 Å². The van der Waals surface area contributed by atoms with Crippen molar-refractivity contribution in [3.63, 3.8) is 0 Å². The molecule has 2 N–H and O–H groups in total. The minimum atomic E-state index is -0.138. The Kier molecular flexibility index (Phi) is 5.68. The summed E-state index contributed by atoms with van der Waals surface area (Å²) in [7, 11) is 0. The van der Waals surface area contributed by atoms with Gasteiger partial charge in [-0.15, -0.1) is 10.2 Å². The van der Waals surface area contributed by atoms with Crippen LogP contribution in [-0.2, 0) is 6.54 Å². The molecule has 0 bridgehead atoms. The Labute approximate surface area is 208 Å². The van der Waals surface area contributed by atoms with Gasteiger partial charge in [-0.1, -0.05) is 6.07 Å². The third kappa shape index (κ3) is 4.22. The molecule has 0 radical (unpaired) electrons. The van der Waals surface area contributed by atoms with Gasteiger partial charge in [0.1, 0.15) is 0 Å². The molecule has 2 fully saturated rings. The molecule has 2 aliphatic rings. The number of rotatable bonds is 5. The summed E-state index contributed by atoms with van der Waals surface area (Å²) < 4.78 is 0. The first-order valence-corrected chi connectivity index (χ1v) is 12.1. The normalized spacial score (nSPS) is 17.7. The fourth-order valence-electron chi connectivity index (χ4n) is 5.33. The lowest BCUT2D eigenvalue weighted by Gasteiger charge is -2.44. The largest absolute Gasteiger partial charge is 0.351 e. The molecule has 3 aromatic heterocycles. The van der Waals surface area contributed by atoms with E-state index in [-0.39, 0.29) is 11.1 Å². The van der Waals surface area contributed by atoms with Gasteiger partial charge in [-0.05, 0) is 60.9 Å². The van der Waals surface area contributed by atoms with Crippen molar-refractivity contribution in [1.29, 1.82) is 0 Å². The highest BCUT2D eigenvalue weighted by Gasteiger charge is 2.47. The van der Waals surface area contributed by atoms with Gasteiger partial charge in [-0.25, -0.2) is 4.98 Å². The van der Waals surface area contributed by atoms with Crippen LogP contribution in [0.25, 0.3) is 11.4 Å². The fraction of sp³-hybridized carbons (Fsp3) is 0.360. The number of hydrogen-bond acceptors (Lipinski definition) is 9. The predicted octanol–water partition coefficient (Wildman–Crippen LogP) is 1.97. The van der Waals surface area contributed by atoms with Gasteiger partial charge in [0.25, 0.3) is 5.56 Å². The van der Waals surface area contributed by atoms with E-state index in [0.717, 1.165) is 56.0 Å². The van der Waals surface area contributed by atoms with Gasteiger partial charge in [0.15, 0.2) is 0 Å². The van der Waals surface area contributed by atoms with Crippen LogP contribution in [0.15, 0.2) is 59.7 Å². The molecule has 1 aromatic carbocycles. The first-order chi connectivity index (χ1) is 17.6. The number of H-pyrrole nitrogens is 2. The van der Waals surface area contributed by atoms with Gasteiger partial charge < -0.3 is 9.80 Å². The summed E-state index contributed by atoms with van der Waals surface area (Å²) in [4.78, 5) is 31.3. The summed E-state index contributed by atoms with van der Waals surface area (Å²) in [6.07, 6.45) is 5.39. The zero-order valence-corrected chi connectivity index (χ0v) is 20.1. The van der Waals surface area contributed by atoms with Crippen LogP contribution in [0.1, 0.15) is 24.1 Å². The second-order valence-electron chi connectivity index (χ2n) is 9.57. The molecule has 0 amide bonds. The Bertz CT molecular complexity index is 1380. The van der Waals surface area contributed by atoms with Crippen LogP contribution in [0.5, 0.6) is 0 Å². The van der Waals surface area contributed by atoms with Crippen molar-refractivity contribution in [3.05, 3.63) is 76.5 Å². The van der Waals surface area contributed by atoms with Crippen LogP contribution in [0, 0.1) is 6.92 Å². The van der Waals surface area contributed by atoms with Gasteiger partial charge in [-0.3, -0.25) is 19.7 Å². The van der Waals surface area contributed by atoms with Gasteiger partial charge >= 0.3 is 0 Å². The SMILES string of the molecule is Cc1cccnc1CN1CCC2(CC1)CN(c1ccc(-c3nn[nH]n3)cc1)CN2c1nccc(=O)[nH]1. The second kappa shape index (κ2) is 9.15. The molecule has 5 heterocycles. The maximum Gasteiger partial charge on any atom is 0.252 e. The number of nitrogens with zero attached hydrogens (tertiary/aromatic N) is 8. The Morgan fingerprint density at radius 1 is 1.03 bits per heavy atom. The molecule has 0 saturated carbocycles. The second-order valence-corrected chi connectivity index (χ2v) is 9.57. The fourth-order valence-corrected chi connectivity index (χ4v) is 5.33. The van der Waals surface area contributed by atoms with E-state index in [9.17, 15) is 4.79 Å². The van der Waals surface area contributed by atoms with Crippen molar-refractivity contribution in [2.24, 2.45) is 0 Å². The molecule has 11 nitrogen and oxygen atoms in total. The summed E-state index contributed by atoms with van der Waals surface area (Å²) >= 11 is 0. The third-order valence-corrected chi connectivity index (χ3v) is 7.40. The highest BCUT2D eigenvalue weighted by molar-refractivity contribution is 5.61. The van der Waals surface area contributed by atoms with E-state index in [4.69, 9.17) is 0 Å². The van der Waals surface area contributed by atoms with E-state index in [1.807, 2.05) is 24.4 Å². The molecule has 4 aromatic rings. The van der Waals surface area contributed by atoms with Crippen LogP contribution in [0.3, 0.4) is 0 Å². The van der Waals surface area contributed by atoms with E-state index in [2.05, 4.69) is 75.4 Å². The number of pyridine rings is 1. The predicted molar refractivity (Wildman–Crippen MR) is 135 cm³/mol. The van der Waals surface area contributed by atoms with Crippen LogP contribution >= 0.6 is 0 Å². The number of nitrogens with one attached hydrogen (secondary N) is 2. The zero-order chi connectivity index (χ0) is 24.5. The molecule has 0 aliphatic carbocycles. The van der Waals surface area contributed by atoms with Crippen molar-refractivity contribution in [2.45, 2.75) is 31.8 Å². The number of aryl methyl sites for hydroxylation is 1. The van der Waals surface area contributed by atoms with Gasteiger partial charge in [0.05, 0.1) is 17.9 Å². The van der Waals surface area contributed by atoms with Gasteiger partial charge in [0, 0.05) is 55.9 Å². The number of tetrazole rings is 1. The van der Waals surface area contributed by atoms with Crippen molar-refractivity contribution in [1.82, 2.24) is 40.5 Å². The quantitative estimate of drug-likeness (QED) is 0.438.